The molecule has 0 atom stereocenters. The second-order valence-corrected chi connectivity index (χ2v) is 4.89. The quantitative estimate of drug-likeness (QED) is 0.893. The van der Waals surface area contributed by atoms with Crippen LogP contribution < -0.4 is 10.6 Å². The van der Waals surface area contributed by atoms with Crippen molar-refractivity contribution in [2.45, 2.75) is 21.3 Å². The highest BCUT2D eigenvalue weighted by molar-refractivity contribution is 5.94. The Kier molecular flexibility index (Phi) is 9.01. The molecule has 124 valence electrons. The summed E-state index contributed by atoms with van der Waals surface area (Å²) >= 11 is 0. The van der Waals surface area contributed by atoms with Gasteiger partial charge < -0.3 is 10.6 Å². The third-order valence-electron chi connectivity index (χ3n) is 3.08. The Morgan fingerprint density at radius 3 is 1.13 bits per heavy atom. The fraction of sp³-hybridized carbons (Fsp3) is 0.263. The normalized spacial score (nSPS) is 8.87. The summed E-state index contributed by atoms with van der Waals surface area (Å²) in [7, 11) is 3.25. The molecule has 0 saturated heterocycles. The van der Waals surface area contributed by atoms with E-state index in [0.29, 0.717) is 11.1 Å². The summed E-state index contributed by atoms with van der Waals surface area (Å²) < 4.78 is 0. The first-order valence-corrected chi connectivity index (χ1v) is 7.05. The molecule has 23 heavy (non-hydrogen) atoms. The number of amides is 2. The molecule has 0 aliphatic heterocycles. The van der Waals surface area contributed by atoms with Crippen molar-refractivity contribution in [2.24, 2.45) is 0 Å². The van der Waals surface area contributed by atoms with Gasteiger partial charge in [0.25, 0.3) is 11.8 Å². The zero-order valence-electron chi connectivity index (χ0n) is 13.4. The molecule has 4 nitrogen and oxygen atoms in total. The van der Waals surface area contributed by atoms with E-state index in [1.54, 1.807) is 14.1 Å². The van der Waals surface area contributed by atoms with Gasteiger partial charge in [-0.3, -0.25) is 9.59 Å². The Bertz CT molecular complexity index is 559. The highest BCUT2D eigenvalue weighted by atomic mass is 16.2. The number of hydrogen-bond acceptors (Lipinski definition) is 2. The van der Waals surface area contributed by atoms with Crippen molar-refractivity contribution in [1.82, 2.24) is 10.6 Å². The minimum absolute atomic E-state index is 0. The van der Waals surface area contributed by atoms with Crippen LogP contribution in [0.2, 0.25) is 0 Å². The van der Waals surface area contributed by atoms with Crippen LogP contribution in [-0.4, -0.2) is 25.9 Å². The van der Waals surface area contributed by atoms with Crippen LogP contribution in [0.15, 0.2) is 48.5 Å². The fourth-order valence-electron chi connectivity index (χ4n) is 1.70. The highest BCUT2D eigenvalue weighted by Crippen LogP contribution is 2.02. The average Bonchev–Trinajstić information content (AvgIpc) is 2.55. The molecule has 2 N–H and O–H groups in total. The predicted octanol–water partition coefficient (Wildman–Crippen LogP) is 3.35. The lowest BCUT2D eigenvalue weighted by molar-refractivity contribution is 0.0955. The largest absolute Gasteiger partial charge is 0.355 e. The van der Waals surface area contributed by atoms with E-state index in [-0.39, 0.29) is 19.2 Å². The Morgan fingerprint density at radius 1 is 0.652 bits per heavy atom. The molecule has 2 amide bonds. The lowest BCUT2D eigenvalue weighted by Gasteiger charge is -1.98. The summed E-state index contributed by atoms with van der Waals surface area (Å²) in [4.78, 5) is 22.0. The molecular weight excluding hydrogens is 288 g/mol. The zero-order chi connectivity index (χ0) is 16.5. The van der Waals surface area contributed by atoms with Crippen LogP contribution in [-0.2, 0) is 0 Å². The Labute approximate surface area is 138 Å². The van der Waals surface area contributed by atoms with E-state index in [1.165, 1.54) is 0 Å². The number of carbonyl (C=O) groups excluding carboxylic acids is 2. The summed E-state index contributed by atoms with van der Waals surface area (Å²) in [5.74, 6) is -0.0741. The number of aryl methyl sites for hydroxylation is 2. The first kappa shape index (κ1) is 20.4. The van der Waals surface area contributed by atoms with Crippen molar-refractivity contribution < 1.29 is 9.59 Å². The van der Waals surface area contributed by atoms with Crippen molar-refractivity contribution in [1.29, 1.82) is 0 Å². The predicted molar refractivity (Wildman–Crippen MR) is 95.9 cm³/mol. The highest BCUT2D eigenvalue weighted by Gasteiger charge is 2.00. The van der Waals surface area contributed by atoms with Crippen LogP contribution in [0.4, 0.5) is 0 Å². The lowest BCUT2D eigenvalue weighted by Crippen LogP contribution is -2.17. The van der Waals surface area contributed by atoms with Crippen LogP contribution >= 0.6 is 0 Å². The zero-order valence-corrected chi connectivity index (χ0v) is 13.4. The molecule has 2 rings (SSSR count). The van der Waals surface area contributed by atoms with Crippen molar-refractivity contribution in [3.8, 4) is 0 Å². The Hall–Kier alpha value is -2.62. The van der Waals surface area contributed by atoms with E-state index in [1.807, 2.05) is 62.4 Å². The molecule has 0 fully saturated rings. The Balaban J connectivity index is 0.000000403. The average molecular weight is 314 g/mol. The van der Waals surface area contributed by atoms with Gasteiger partial charge >= 0.3 is 0 Å². The summed E-state index contributed by atoms with van der Waals surface area (Å²) in [5.41, 5.74) is 3.74. The SMILES string of the molecule is C.CNC(=O)c1ccc(C)cc1.CNC(=O)c1ccc(C)cc1. The smallest absolute Gasteiger partial charge is 0.251 e. The number of benzene rings is 2. The van der Waals surface area contributed by atoms with Gasteiger partial charge in [-0.1, -0.05) is 42.8 Å². The van der Waals surface area contributed by atoms with Crippen LogP contribution in [0.25, 0.3) is 0 Å². The van der Waals surface area contributed by atoms with E-state index < -0.39 is 0 Å². The molecule has 0 saturated carbocycles. The summed E-state index contributed by atoms with van der Waals surface area (Å²) in [6.07, 6.45) is 0. The number of rotatable bonds is 2. The molecule has 0 bridgehead atoms. The van der Waals surface area contributed by atoms with Gasteiger partial charge in [0.05, 0.1) is 0 Å². The molecular formula is C19H26N2O2. The maximum absolute atomic E-state index is 11.0. The van der Waals surface area contributed by atoms with Crippen LogP contribution in [0, 0.1) is 13.8 Å². The fourth-order valence-corrected chi connectivity index (χ4v) is 1.70. The van der Waals surface area contributed by atoms with Gasteiger partial charge in [0.15, 0.2) is 0 Å². The molecule has 0 heterocycles. The van der Waals surface area contributed by atoms with E-state index in [4.69, 9.17) is 0 Å². The Morgan fingerprint density at radius 2 is 0.913 bits per heavy atom. The van der Waals surface area contributed by atoms with Gasteiger partial charge in [0, 0.05) is 25.2 Å². The van der Waals surface area contributed by atoms with E-state index in [0.717, 1.165) is 11.1 Å². The molecule has 0 aromatic heterocycles. The van der Waals surface area contributed by atoms with Gasteiger partial charge in [0.1, 0.15) is 0 Å². The molecule has 0 aliphatic carbocycles. The molecule has 0 aliphatic rings. The van der Waals surface area contributed by atoms with Crippen LogP contribution in [0.5, 0.6) is 0 Å². The molecule has 0 radical (unpaired) electrons. The molecule has 2 aromatic carbocycles. The maximum atomic E-state index is 11.0. The third kappa shape index (κ3) is 6.78. The summed E-state index contributed by atoms with van der Waals surface area (Å²) in [6.45, 7) is 3.99. The van der Waals surface area contributed by atoms with Crippen molar-refractivity contribution >= 4 is 11.8 Å². The number of hydrogen-bond donors (Lipinski definition) is 2. The number of carbonyl (C=O) groups is 2. The monoisotopic (exact) mass is 314 g/mol. The second kappa shape index (κ2) is 10.2. The summed E-state index contributed by atoms with van der Waals surface area (Å²) in [5, 5.41) is 5.12. The molecule has 4 heteroatoms. The van der Waals surface area contributed by atoms with Gasteiger partial charge in [-0.25, -0.2) is 0 Å². The lowest BCUT2D eigenvalue weighted by atomic mass is 10.1. The van der Waals surface area contributed by atoms with Gasteiger partial charge in [0.2, 0.25) is 0 Å². The molecule has 0 spiro atoms. The molecule has 2 aromatic rings. The second-order valence-electron chi connectivity index (χ2n) is 4.89. The topological polar surface area (TPSA) is 58.2 Å². The van der Waals surface area contributed by atoms with Gasteiger partial charge in [-0.05, 0) is 38.1 Å². The van der Waals surface area contributed by atoms with E-state index in [9.17, 15) is 9.59 Å². The van der Waals surface area contributed by atoms with Crippen molar-refractivity contribution in [3.63, 3.8) is 0 Å². The third-order valence-corrected chi connectivity index (χ3v) is 3.08. The number of nitrogens with one attached hydrogen (secondary N) is 2. The minimum Gasteiger partial charge on any atom is -0.355 e. The summed E-state index contributed by atoms with van der Waals surface area (Å²) in [6, 6.07) is 14.9. The van der Waals surface area contributed by atoms with Gasteiger partial charge in [-0.2, -0.15) is 0 Å². The van der Waals surface area contributed by atoms with Crippen molar-refractivity contribution in [3.05, 3.63) is 70.8 Å². The van der Waals surface area contributed by atoms with Crippen LogP contribution in [0.3, 0.4) is 0 Å². The maximum Gasteiger partial charge on any atom is 0.251 e. The molecule has 0 unspecified atom stereocenters. The first-order valence-electron chi connectivity index (χ1n) is 7.05. The first-order chi connectivity index (χ1) is 10.5. The minimum atomic E-state index is -0.0370. The van der Waals surface area contributed by atoms with E-state index >= 15 is 0 Å². The standard InChI is InChI=1S/2C9H11NO.CH4/c2*1-7-3-5-8(6-4-7)9(11)10-2;/h2*3-6H,1-2H3,(H,10,11);1H4. The van der Waals surface area contributed by atoms with Crippen LogP contribution in [0.1, 0.15) is 39.3 Å². The van der Waals surface area contributed by atoms with Gasteiger partial charge in [-0.15, -0.1) is 0 Å². The van der Waals surface area contributed by atoms with Crippen molar-refractivity contribution in [2.75, 3.05) is 14.1 Å². The van der Waals surface area contributed by atoms with E-state index in [2.05, 4.69) is 10.6 Å².